The molecule has 0 unspecified atom stereocenters. The predicted molar refractivity (Wildman–Crippen MR) is 82.9 cm³/mol. The molecule has 1 aromatic rings. The lowest BCUT2D eigenvalue weighted by Crippen LogP contribution is -2.38. The highest BCUT2D eigenvalue weighted by molar-refractivity contribution is 5.78. The highest BCUT2D eigenvalue weighted by Gasteiger charge is 2.43. The molecule has 0 spiro atoms. The van der Waals surface area contributed by atoms with Gasteiger partial charge in [-0.15, -0.1) is 0 Å². The molecule has 0 saturated heterocycles. The second kappa shape index (κ2) is 7.77. The molecule has 4 nitrogen and oxygen atoms in total. The van der Waals surface area contributed by atoms with Crippen LogP contribution in [-0.4, -0.2) is 30.8 Å². The van der Waals surface area contributed by atoms with Crippen molar-refractivity contribution in [1.82, 2.24) is 5.32 Å². The van der Waals surface area contributed by atoms with Crippen molar-refractivity contribution in [1.29, 1.82) is 0 Å². The van der Waals surface area contributed by atoms with Gasteiger partial charge in [0.05, 0.1) is 13.0 Å². The van der Waals surface area contributed by atoms with E-state index in [1.807, 2.05) is 0 Å². The number of hydrogen-bond donors (Lipinski definition) is 2. The number of aromatic hydroxyl groups is 1. The van der Waals surface area contributed by atoms with E-state index in [-0.39, 0.29) is 31.0 Å². The Morgan fingerprint density at radius 2 is 2.12 bits per heavy atom. The Hall–Kier alpha value is -1.92. The number of ether oxygens (including phenoxy) is 1. The van der Waals surface area contributed by atoms with Crippen molar-refractivity contribution in [3.63, 3.8) is 0 Å². The first kappa shape index (κ1) is 18.4. The molecule has 1 saturated carbocycles. The second-order valence-corrected chi connectivity index (χ2v) is 6.14. The van der Waals surface area contributed by atoms with Gasteiger partial charge in [-0.3, -0.25) is 4.79 Å². The number of carbonyl (C=O) groups is 1. The van der Waals surface area contributed by atoms with E-state index in [4.69, 9.17) is 4.74 Å². The summed E-state index contributed by atoms with van der Waals surface area (Å²) < 4.78 is 43.4. The number of halogens is 3. The summed E-state index contributed by atoms with van der Waals surface area (Å²) in [6, 6.07) is 4.87. The van der Waals surface area contributed by atoms with Crippen LogP contribution < -0.4 is 10.1 Å². The summed E-state index contributed by atoms with van der Waals surface area (Å²) in [6.07, 6.45) is -2.95. The standard InChI is InChI=1S/C17H22F3NO3/c1-24-14-6-5-11(15(22)10-14)7-8-21-16(23)12-3-2-4-13(9-12)17(18,19)20/h5-6,10,12-13,22H,2-4,7-9H2,1H3,(H,21,23)/t12-,13-/m1/s1. The van der Waals surface area contributed by atoms with Crippen molar-refractivity contribution < 1.29 is 27.8 Å². The van der Waals surface area contributed by atoms with Gasteiger partial charge >= 0.3 is 6.18 Å². The Bertz CT molecular complexity index is 575. The number of carbonyl (C=O) groups excluding carboxylic acids is 1. The van der Waals surface area contributed by atoms with Crippen LogP contribution in [0.3, 0.4) is 0 Å². The van der Waals surface area contributed by atoms with Crippen LogP contribution >= 0.6 is 0 Å². The molecule has 1 amide bonds. The lowest BCUT2D eigenvalue weighted by atomic mass is 9.80. The molecule has 0 bridgehead atoms. The number of amides is 1. The van der Waals surface area contributed by atoms with Crippen LogP contribution in [-0.2, 0) is 11.2 Å². The molecule has 0 aliphatic heterocycles. The number of phenolic OH excluding ortho intramolecular Hbond substituents is 1. The van der Waals surface area contributed by atoms with E-state index in [2.05, 4.69) is 5.32 Å². The highest BCUT2D eigenvalue weighted by Crippen LogP contribution is 2.39. The molecule has 1 aliphatic carbocycles. The Morgan fingerprint density at radius 1 is 1.38 bits per heavy atom. The van der Waals surface area contributed by atoms with Crippen LogP contribution in [0.25, 0.3) is 0 Å². The van der Waals surface area contributed by atoms with E-state index in [1.165, 1.54) is 13.2 Å². The molecule has 7 heteroatoms. The Morgan fingerprint density at radius 3 is 2.75 bits per heavy atom. The lowest BCUT2D eigenvalue weighted by Gasteiger charge is -2.29. The summed E-state index contributed by atoms with van der Waals surface area (Å²) in [5, 5.41) is 12.5. The number of hydrogen-bond acceptors (Lipinski definition) is 3. The van der Waals surface area contributed by atoms with Gasteiger partial charge in [0.1, 0.15) is 11.5 Å². The van der Waals surface area contributed by atoms with Crippen molar-refractivity contribution >= 4 is 5.91 Å². The minimum Gasteiger partial charge on any atom is -0.508 e. The average molecular weight is 345 g/mol. The van der Waals surface area contributed by atoms with Crippen molar-refractivity contribution in [3.8, 4) is 11.5 Å². The smallest absolute Gasteiger partial charge is 0.391 e. The monoisotopic (exact) mass is 345 g/mol. The zero-order valence-electron chi connectivity index (χ0n) is 13.5. The maximum Gasteiger partial charge on any atom is 0.391 e. The van der Waals surface area contributed by atoms with E-state index < -0.39 is 18.0 Å². The van der Waals surface area contributed by atoms with Gasteiger partial charge in [0, 0.05) is 18.5 Å². The highest BCUT2D eigenvalue weighted by atomic mass is 19.4. The van der Waals surface area contributed by atoms with E-state index in [9.17, 15) is 23.1 Å². The molecule has 0 heterocycles. The third-order valence-electron chi connectivity index (χ3n) is 4.49. The summed E-state index contributed by atoms with van der Waals surface area (Å²) in [5.41, 5.74) is 0.646. The third kappa shape index (κ3) is 4.79. The largest absolute Gasteiger partial charge is 0.508 e. The second-order valence-electron chi connectivity index (χ2n) is 6.14. The van der Waals surface area contributed by atoms with E-state index in [0.717, 1.165) is 0 Å². The SMILES string of the molecule is COc1ccc(CCNC(=O)[C@@H]2CCC[C@@H](C(F)(F)F)C2)c(O)c1. The molecule has 2 rings (SSSR count). The Balaban J connectivity index is 1.83. The fourth-order valence-corrected chi connectivity index (χ4v) is 3.07. The van der Waals surface area contributed by atoms with Gasteiger partial charge in [0.25, 0.3) is 0 Å². The molecule has 1 aromatic carbocycles. The minimum absolute atomic E-state index is 0.0680. The van der Waals surface area contributed by atoms with Gasteiger partial charge in [0.15, 0.2) is 0 Å². The predicted octanol–water partition coefficient (Wildman–Crippen LogP) is 3.43. The topological polar surface area (TPSA) is 58.6 Å². The van der Waals surface area contributed by atoms with Gasteiger partial charge in [-0.05, 0) is 37.3 Å². The lowest BCUT2D eigenvalue weighted by molar-refractivity contribution is -0.186. The first-order valence-corrected chi connectivity index (χ1v) is 8.01. The quantitative estimate of drug-likeness (QED) is 0.860. The molecule has 1 fully saturated rings. The van der Waals surface area contributed by atoms with Crippen molar-refractivity contribution in [2.75, 3.05) is 13.7 Å². The molecule has 0 radical (unpaired) electrons. The molecular weight excluding hydrogens is 323 g/mol. The number of alkyl halides is 3. The Kier molecular flexibility index (Phi) is 5.96. The van der Waals surface area contributed by atoms with Crippen molar-refractivity contribution in [2.45, 2.75) is 38.3 Å². The number of phenols is 1. The number of nitrogens with one attached hydrogen (secondary N) is 1. The van der Waals surface area contributed by atoms with Crippen LogP contribution in [0.4, 0.5) is 13.2 Å². The first-order chi connectivity index (χ1) is 11.3. The van der Waals surface area contributed by atoms with Gasteiger partial charge in [-0.1, -0.05) is 12.5 Å². The maximum absolute atomic E-state index is 12.8. The van der Waals surface area contributed by atoms with E-state index in [1.54, 1.807) is 12.1 Å². The third-order valence-corrected chi connectivity index (χ3v) is 4.49. The minimum atomic E-state index is -4.23. The molecular formula is C17H22F3NO3. The van der Waals surface area contributed by atoms with Gasteiger partial charge in [-0.2, -0.15) is 13.2 Å². The number of benzene rings is 1. The number of methoxy groups -OCH3 is 1. The summed E-state index contributed by atoms with van der Waals surface area (Å²) in [4.78, 5) is 12.1. The molecule has 2 N–H and O–H groups in total. The zero-order chi connectivity index (χ0) is 17.7. The number of rotatable bonds is 5. The summed E-state index contributed by atoms with van der Waals surface area (Å²) in [5.74, 6) is -1.71. The Labute approximate surface area is 139 Å². The fourth-order valence-electron chi connectivity index (χ4n) is 3.07. The van der Waals surface area contributed by atoms with Crippen LogP contribution in [0, 0.1) is 11.8 Å². The first-order valence-electron chi connectivity index (χ1n) is 8.01. The summed E-state index contributed by atoms with van der Waals surface area (Å²) in [6.45, 7) is 0.270. The molecule has 1 aliphatic rings. The zero-order valence-corrected chi connectivity index (χ0v) is 13.5. The normalized spacial score (nSPS) is 21.3. The van der Waals surface area contributed by atoms with Crippen LogP contribution in [0.1, 0.15) is 31.2 Å². The van der Waals surface area contributed by atoms with Crippen LogP contribution in [0.15, 0.2) is 18.2 Å². The fraction of sp³-hybridized carbons (Fsp3) is 0.588. The van der Waals surface area contributed by atoms with Crippen LogP contribution in [0.5, 0.6) is 11.5 Å². The van der Waals surface area contributed by atoms with Gasteiger partial charge < -0.3 is 15.2 Å². The van der Waals surface area contributed by atoms with E-state index in [0.29, 0.717) is 30.6 Å². The van der Waals surface area contributed by atoms with Crippen molar-refractivity contribution in [3.05, 3.63) is 23.8 Å². The molecule has 2 atom stereocenters. The summed E-state index contributed by atoms with van der Waals surface area (Å²) >= 11 is 0. The molecule has 24 heavy (non-hydrogen) atoms. The molecule has 134 valence electrons. The maximum atomic E-state index is 12.8. The molecule has 0 aromatic heterocycles. The average Bonchev–Trinajstić information content (AvgIpc) is 2.55. The van der Waals surface area contributed by atoms with Crippen LogP contribution in [0.2, 0.25) is 0 Å². The van der Waals surface area contributed by atoms with Gasteiger partial charge in [0.2, 0.25) is 5.91 Å². The van der Waals surface area contributed by atoms with E-state index >= 15 is 0 Å². The van der Waals surface area contributed by atoms with Crippen molar-refractivity contribution in [2.24, 2.45) is 11.8 Å². The summed E-state index contributed by atoms with van der Waals surface area (Å²) in [7, 11) is 1.49. The van der Waals surface area contributed by atoms with Gasteiger partial charge in [-0.25, -0.2) is 0 Å².